The topological polar surface area (TPSA) is 63.5 Å². The van der Waals surface area contributed by atoms with Crippen molar-refractivity contribution in [1.29, 1.82) is 0 Å². The zero-order valence-electron chi connectivity index (χ0n) is 21.0. The number of unbranched alkanes of at least 4 members (excludes halogenated alkanes) is 7. The standard InChI is InChI=1S/C27H45N3O3/c1-3-5-7-9-11-15-24(14-10-8-6-4-2)18-21-33-27(31)25-16-12-13-17-26(25)28-29-30-19-22-32-23-20-30/h12-13,16-17,24H,3-11,14-15,18-23H2,1-2H3. The highest BCUT2D eigenvalue weighted by molar-refractivity contribution is 5.94. The Bertz CT molecular complexity index is 674. The summed E-state index contributed by atoms with van der Waals surface area (Å²) >= 11 is 0. The van der Waals surface area contributed by atoms with Crippen LogP contribution in [0.1, 0.15) is 101 Å². The van der Waals surface area contributed by atoms with Crippen molar-refractivity contribution in [2.75, 3.05) is 32.9 Å². The minimum atomic E-state index is -0.306. The van der Waals surface area contributed by atoms with Crippen molar-refractivity contribution >= 4 is 11.7 Å². The summed E-state index contributed by atoms with van der Waals surface area (Å²) in [6.07, 6.45) is 15.2. The molecule has 0 bridgehead atoms. The molecule has 1 saturated heterocycles. The van der Waals surface area contributed by atoms with Crippen molar-refractivity contribution < 1.29 is 14.3 Å². The smallest absolute Gasteiger partial charge is 0.340 e. The SMILES string of the molecule is CCCCCCCC(CCCCCC)CCOC(=O)c1ccccc1N=NN1CCOCC1. The normalized spacial score (nSPS) is 15.2. The van der Waals surface area contributed by atoms with E-state index in [4.69, 9.17) is 9.47 Å². The molecule has 2 rings (SSSR count). The molecule has 1 aromatic carbocycles. The Morgan fingerprint density at radius 1 is 0.939 bits per heavy atom. The molecule has 1 aliphatic rings. The maximum atomic E-state index is 12.8. The van der Waals surface area contributed by atoms with E-state index in [1.807, 2.05) is 23.2 Å². The number of rotatable bonds is 17. The third kappa shape index (κ3) is 11.6. The van der Waals surface area contributed by atoms with Gasteiger partial charge in [-0.05, 0) is 24.5 Å². The molecule has 0 saturated carbocycles. The predicted octanol–water partition coefficient (Wildman–Crippen LogP) is 7.51. The number of hydrogen-bond donors (Lipinski definition) is 0. The molecule has 6 heteroatoms. The molecule has 0 spiro atoms. The molecule has 33 heavy (non-hydrogen) atoms. The molecule has 0 N–H and O–H groups in total. The predicted molar refractivity (Wildman–Crippen MR) is 134 cm³/mol. The first-order chi connectivity index (χ1) is 16.2. The minimum Gasteiger partial charge on any atom is -0.462 e. The molecule has 0 radical (unpaired) electrons. The molecule has 1 heterocycles. The highest BCUT2D eigenvalue weighted by atomic mass is 16.5. The number of ether oxygens (including phenoxy) is 2. The van der Waals surface area contributed by atoms with Gasteiger partial charge in [-0.2, -0.15) is 0 Å². The lowest BCUT2D eigenvalue weighted by Gasteiger charge is -2.22. The lowest BCUT2D eigenvalue weighted by Crippen LogP contribution is -2.31. The monoisotopic (exact) mass is 459 g/mol. The number of carbonyl (C=O) groups is 1. The van der Waals surface area contributed by atoms with Gasteiger partial charge in [-0.3, -0.25) is 5.01 Å². The van der Waals surface area contributed by atoms with E-state index in [2.05, 4.69) is 24.2 Å². The molecule has 1 aliphatic heterocycles. The van der Waals surface area contributed by atoms with Crippen molar-refractivity contribution in [2.45, 2.75) is 90.9 Å². The summed E-state index contributed by atoms with van der Waals surface area (Å²) in [5.41, 5.74) is 1.04. The second kappa shape index (κ2) is 17.5. The van der Waals surface area contributed by atoms with Crippen LogP contribution in [-0.4, -0.2) is 43.9 Å². The van der Waals surface area contributed by atoms with Crippen LogP contribution in [0.3, 0.4) is 0 Å². The maximum Gasteiger partial charge on any atom is 0.340 e. The van der Waals surface area contributed by atoms with Crippen LogP contribution in [0.15, 0.2) is 34.6 Å². The van der Waals surface area contributed by atoms with Crippen molar-refractivity contribution in [3.63, 3.8) is 0 Å². The van der Waals surface area contributed by atoms with Crippen LogP contribution in [0.4, 0.5) is 5.69 Å². The summed E-state index contributed by atoms with van der Waals surface area (Å²) in [4.78, 5) is 12.8. The molecular weight excluding hydrogens is 414 g/mol. The third-order valence-electron chi connectivity index (χ3n) is 6.33. The zero-order valence-corrected chi connectivity index (χ0v) is 21.0. The molecule has 1 atom stereocenters. The summed E-state index contributed by atoms with van der Waals surface area (Å²) in [5, 5.41) is 10.5. The van der Waals surface area contributed by atoms with Gasteiger partial charge >= 0.3 is 5.97 Å². The van der Waals surface area contributed by atoms with Gasteiger partial charge in [0.15, 0.2) is 0 Å². The van der Waals surface area contributed by atoms with Crippen molar-refractivity contribution in [3.05, 3.63) is 29.8 Å². The summed E-state index contributed by atoms with van der Waals surface area (Å²) in [6, 6.07) is 7.30. The molecule has 0 amide bonds. The fourth-order valence-electron chi connectivity index (χ4n) is 4.21. The number of esters is 1. The average Bonchev–Trinajstić information content (AvgIpc) is 2.85. The van der Waals surface area contributed by atoms with E-state index < -0.39 is 0 Å². The Morgan fingerprint density at radius 3 is 2.27 bits per heavy atom. The number of benzene rings is 1. The third-order valence-corrected chi connectivity index (χ3v) is 6.33. The molecule has 0 aromatic heterocycles. The Morgan fingerprint density at radius 2 is 1.58 bits per heavy atom. The van der Waals surface area contributed by atoms with Crippen LogP contribution in [0.5, 0.6) is 0 Å². The van der Waals surface area contributed by atoms with Crippen LogP contribution >= 0.6 is 0 Å². The van der Waals surface area contributed by atoms with Crippen LogP contribution in [-0.2, 0) is 9.47 Å². The summed E-state index contributed by atoms with van der Waals surface area (Å²) in [5.74, 6) is 0.340. The van der Waals surface area contributed by atoms with Crippen LogP contribution in [0.25, 0.3) is 0 Å². The molecule has 0 aliphatic carbocycles. The zero-order chi connectivity index (χ0) is 23.6. The van der Waals surface area contributed by atoms with E-state index in [-0.39, 0.29) is 5.97 Å². The molecular formula is C27H45N3O3. The largest absolute Gasteiger partial charge is 0.462 e. The van der Waals surface area contributed by atoms with Gasteiger partial charge in [-0.25, -0.2) is 4.79 Å². The van der Waals surface area contributed by atoms with E-state index in [1.165, 1.54) is 70.6 Å². The lowest BCUT2D eigenvalue weighted by atomic mass is 9.92. The first-order valence-electron chi connectivity index (χ1n) is 13.2. The molecule has 1 unspecified atom stereocenters. The Hall–Kier alpha value is -1.95. The summed E-state index contributed by atoms with van der Waals surface area (Å²) in [6.45, 7) is 7.72. The highest BCUT2D eigenvalue weighted by Crippen LogP contribution is 2.24. The van der Waals surface area contributed by atoms with Crippen LogP contribution in [0.2, 0.25) is 0 Å². The van der Waals surface area contributed by atoms with Gasteiger partial charge in [0.2, 0.25) is 0 Å². The number of hydrogen-bond acceptors (Lipinski definition) is 5. The molecule has 6 nitrogen and oxygen atoms in total. The first kappa shape index (κ1) is 27.3. The van der Waals surface area contributed by atoms with Gasteiger partial charge in [0, 0.05) is 0 Å². The second-order valence-corrected chi connectivity index (χ2v) is 9.12. The van der Waals surface area contributed by atoms with E-state index >= 15 is 0 Å². The van der Waals surface area contributed by atoms with Gasteiger partial charge in [0.1, 0.15) is 5.69 Å². The van der Waals surface area contributed by atoms with Gasteiger partial charge in [0.25, 0.3) is 0 Å². The lowest BCUT2D eigenvalue weighted by molar-refractivity contribution is 0.0352. The Labute approximate surface area is 201 Å². The van der Waals surface area contributed by atoms with Crippen molar-refractivity contribution in [3.8, 4) is 0 Å². The fourth-order valence-corrected chi connectivity index (χ4v) is 4.21. The van der Waals surface area contributed by atoms with Gasteiger partial charge < -0.3 is 9.47 Å². The molecule has 1 fully saturated rings. The molecule has 1 aromatic rings. The first-order valence-corrected chi connectivity index (χ1v) is 13.2. The molecule has 186 valence electrons. The maximum absolute atomic E-state index is 12.8. The summed E-state index contributed by atoms with van der Waals surface area (Å²) in [7, 11) is 0. The van der Waals surface area contributed by atoms with Gasteiger partial charge in [-0.1, -0.05) is 102 Å². The van der Waals surface area contributed by atoms with Crippen LogP contribution < -0.4 is 0 Å². The van der Waals surface area contributed by atoms with Crippen molar-refractivity contribution in [1.82, 2.24) is 5.01 Å². The number of carbonyl (C=O) groups excluding carboxylic acids is 1. The number of nitrogens with zero attached hydrogens (tertiary/aromatic N) is 3. The minimum absolute atomic E-state index is 0.306. The van der Waals surface area contributed by atoms with E-state index in [1.54, 1.807) is 6.07 Å². The quantitative estimate of drug-likeness (QED) is 0.137. The average molecular weight is 460 g/mol. The van der Waals surface area contributed by atoms with Gasteiger partial charge in [-0.15, -0.1) is 5.11 Å². The number of morpholine rings is 1. The van der Waals surface area contributed by atoms with Crippen molar-refractivity contribution in [2.24, 2.45) is 16.3 Å². The Balaban J connectivity index is 1.82. The Kier molecular flexibility index (Phi) is 14.5. The highest BCUT2D eigenvalue weighted by Gasteiger charge is 2.15. The summed E-state index contributed by atoms with van der Waals surface area (Å²) < 4.78 is 11.0. The second-order valence-electron chi connectivity index (χ2n) is 9.12. The van der Waals surface area contributed by atoms with Gasteiger partial charge in [0.05, 0.1) is 38.5 Å². The van der Waals surface area contributed by atoms with E-state index in [0.717, 1.165) is 6.42 Å². The fraction of sp³-hybridized carbons (Fsp3) is 0.741. The van der Waals surface area contributed by atoms with Crippen LogP contribution in [0, 0.1) is 5.92 Å². The van der Waals surface area contributed by atoms with E-state index in [9.17, 15) is 4.79 Å². The van der Waals surface area contributed by atoms with E-state index in [0.29, 0.717) is 50.1 Å².